The van der Waals surface area contributed by atoms with Crippen LogP contribution in [0, 0.1) is 10.1 Å². The summed E-state index contributed by atoms with van der Waals surface area (Å²) in [5, 5.41) is 12.7. The van der Waals surface area contributed by atoms with Gasteiger partial charge < -0.3 is 5.32 Å². The van der Waals surface area contributed by atoms with Gasteiger partial charge in [-0.3, -0.25) is 35.3 Å². The van der Waals surface area contributed by atoms with Gasteiger partial charge in [-0.1, -0.05) is 0 Å². The number of carbonyl (C=O) groups excluding carboxylic acids is 3. The largest absolute Gasteiger partial charge is 0.347 e. The summed E-state index contributed by atoms with van der Waals surface area (Å²) in [6, 6.07) is 4.86. The summed E-state index contributed by atoms with van der Waals surface area (Å²) < 4.78 is 0. The molecule has 1 rings (SSSR count). The number of hydrazine groups is 1. The van der Waals surface area contributed by atoms with E-state index in [4.69, 9.17) is 0 Å². The average molecular weight is 280 g/mol. The lowest BCUT2D eigenvalue weighted by molar-refractivity contribution is -0.384. The van der Waals surface area contributed by atoms with Crippen molar-refractivity contribution in [2.45, 2.75) is 6.92 Å². The Morgan fingerprint density at radius 2 is 1.75 bits per heavy atom. The molecule has 0 heterocycles. The summed E-state index contributed by atoms with van der Waals surface area (Å²) in [6.45, 7) is 0.985. The molecule has 0 spiro atoms. The molecule has 20 heavy (non-hydrogen) atoms. The van der Waals surface area contributed by atoms with Crippen molar-refractivity contribution in [1.29, 1.82) is 0 Å². The smallest absolute Gasteiger partial charge is 0.269 e. The SMILES string of the molecule is CC(=O)NCC(=O)NNC(=O)c1ccc([N+](=O)[O-])cc1. The molecule has 0 aliphatic heterocycles. The highest BCUT2D eigenvalue weighted by Crippen LogP contribution is 2.11. The van der Waals surface area contributed by atoms with E-state index in [0.29, 0.717) is 0 Å². The maximum atomic E-state index is 11.6. The van der Waals surface area contributed by atoms with E-state index in [1.165, 1.54) is 31.2 Å². The predicted molar refractivity (Wildman–Crippen MR) is 67.4 cm³/mol. The van der Waals surface area contributed by atoms with Crippen molar-refractivity contribution in [1.82, 2.24) is 16.2 Å². The Bertz CT molecular complexity index is 540. The molecule has 0 aliphatic carbocycles. The predicted octanol–water partition coefficient (Wildman–Crippen LogP) is -0.508. The monoisotopic (exact) mass is 280 g/mol. The van der Waals surface area contributed by atoms with Crippen molar-refractivity contribution in [3.8, 4) is 0 Å². The Labute approximate surface area is 113 Å². The van der Waals surface area contributed by atoms with Gasteiger partial charge in [0.1, 0.15) is 0 Å². The standard InChI is InChI=1S/C11H12N4O5/c1-7(16)12-6-10(17)13-14-11(18)8-2-4-9(5-3-8)15(19)20/h2-5H,6H2,1H3,(H,12,16)(H,13,17)(H,14,18). The van der Waals surface area contributed by atoms with Gasteiger partial charge in [-0.15, -0.1) is 0 Å². The molecule has 0 saturated heterocycles. The molecule has 3 N–H and O–H groups in total. The fourth-order valence-electron chi connectivity index (χ4n) is 1.18. The lowest BCUT2D eigenvalue weighted by Crippen LogP contribution is -2.46. The molecule has 1 aromatic rings. The number of nitro groups is 1. The maximum Gasteiger partial charge on any atom is 0.269 e. The molecule has 9 heteroatoms. The highest BCUT2D eigenvalue weighted by molar-refractivity contribution is 5.95. The summed E-state index contributed by atoms with van der Waals surface area (Å²) in [7, 11) is 0. The first-order chi connectivity index (χ1) is 9.40. The second-order valence-electron chi connectivity index (χ2n) is 3.72. The summed E-state index contributed by atoms with van der Waals surface area (Å²) in [5.74, 6) is -1.60. The normalized spacial score (nSPS) is 9.45. The summed E-state index contributed by atoms with van der Waals surface area (Å²) >= 11 is 0. The molecule has 0 fully saturated rings. The third kappa shape index (κ3) is 4.72. The third-order valence-corrected chi connectivity index (χ3v) is 2.15. The fourth-order valence-corrected chi connectivity index (χ4v) is 1.18. The van der Waals surface area contributed by atoms with Gasteiger partial charge in [0.25, 0.3) is 17.5 Å². The van der Waals surface area contributed by atoms with E-state index >= 15 is 0 Å². The number of carbonyl (C=O) groups is 3. The van der Waals surface area contributed by atoms with E-state index in [2.05, 4.69) is 16.2 Å². The zero-order chi connectivity index (χ0) is 15.1. The minimum Gasteiger partial charge on any atom is -0.347 e. The summed E-state index contributed by atoms with van der Waals surface area (Å²) in [6.07, 6.45) is 0. The lowest BCUT2D eigenvalue weighted by Gasteiger charge is -2.07. The van der Waals surface area contributed by atoms with Crippen LogP contribution in [0.5, 0.6) is 0 Å². The Kier molecular flexibility index (Phi) is 5.15. The van der Waals surface area contributed by atoms with Crippen LogP contribution in [0.25, 0.3) is 0 Å². The van der Waals surface area contributed by atoms with Gasteiger partial charge >= 0.3 is 0 Å². The molecule has 0 radical (unpaired) electrons. The fraction of sp³-hybridized carbons (Fsp3) is 0.182. The van der Waals surface area contributed by atoms with E-state index in [0.717, 1.165) is 0 Å². The molecular weight excluding hydrogens is 268 g/mol. The van der Waals surface area contributed by atoms with Crippen LogP contribution >= 0.6 is 0 Å². The second kappa shape index (κ2) is 6.83. The first-order valence-corrected chi connectivity index (χ1v) is 5.48. The molecule has 0 atom stereocenters. The number of hydrogen-bond acceptors (Lipinski definition) is 5. The highest BCUT2D eigenvalue weighted by atomic mass is 16.6. The van der Waals surface area contributed by atoms with Gasteiger partial charge in [0.15, 0.2) is 0 Å². The molecule has 0 bridgehead atoms. The van der Waals surface area contributed by atoms with Gasteiger partial charge in [-0.2, -0.15) is 0 Å². The number of amides is 3. The van der Waals surface area contributed by atoms with E-state index < -0.39 is 16.7 Å². The Morgan fingerprint density at radius 1 is 1.15 bits per heavy atom. The van der Waals surface area contributed by atoms with E-state index in [1.54, 1.807) is 0 Å². The van der Waals surface area contributed by atoms with Crippen molar-refractivity contribution < 1.29 is 19.3 Å². The number of benzene rings is 1. The van der Waals surface area contributed by atoms with Crippen LogP contribution in [0.4, 0.5) is 5.69 Å². The molecule has 1 aromatic carbocycles. The van der Waals surface area contributed by atoms with E-state index in [-0.39, 0.29) is 23.7 Å². The van der Waals surface area contributed by atoms with E-state index in [1.807, 2.05) is 0 Å². The van der Waals surface area contributed by atoms with Crippen LogP contribution in [0.2, 0.25) is 0 Å². The van der Waals surface area contributed by atoms with Crippen molar-refractivity contribution in [2.24, 2.45) is 0 Å². The van der Waals surface area contributed by atoms with Crippen LogP contribution in [-0.4, -0.2) is 29.2 Å². The van der Waals surface area contributed by atoms with Crippen LogP contribution in [0.1, 0.15) is 17.3 Å². The molecule has 0 unspecified atom stereocenters. The van der Waals surface area contributed by atoms with Crippen LogP contribution < -0.4 is 16.2 Å². The number of nitrogens with zero attached hydrogens (tertiary/aromatic N) is 1. The molecular formula is C11H12N4O5. The summed E-state index contributed by atoms with van der Waals surface area (Å²) in [5.41, 5.74) is 4.20. The number of nitro benzene ring substituents is 1. The molecule has 0 saturated carbocycles. The first-order valence-electron chi connectivity index (χ1n) is 5.48. The van der Waals surface area contributed by atoms with Crippen LogP contribution in [-0.2, 0) is 9.59 Å². The van der Waals surface area contributed by atoms with Crippen molar-refractivity contribution in [3.05, 3.63) is 39.9 Å². The van der Waals surface area contributed by atoms with Gasteiger partial charge in [0.2, 0.25) is 5.91 Å². The molecule has 3 amide bonds. The van der Waals surface area contributed by atoms with Crippen molar-refractivity contribution >= 4 is 23.4 Å². The van der Waals surface area contributed by atoms with Gasteiger partial charge in [0, 0.05) is 24.6 Å². The number of hydrogen-bond donors (Lipinski definition) is 3. The molecule has 106 valence electrons. The van der Waals surface area contributed by atoms with Gasteiger partial charge in [0.05, 0.1) is 11.5 Å². The van der Waals surface area contributed by atoms with E-state index in [9.17, 15) is 24.5 Å². The van der Waals surface area contributed by atoms with Gasteiger partial charge in [-0.25, -0.2) is 0 Å². The van der Waals surface area contributed by atoms with Crippen LogP contribution in [0.15, 0.2) is 24.3 Å². The Balaban J connectivity index is 2.48. The molecule has 9 nitrogen and oxygen atoms in total. The van der Waals surface area contributed by atoms with Gasteiger partial charge in [-0.05, 0) is 12.1 Å². The number of non-ortho nitro benzene ring substituents is 1. The maximum absolute atomic E-state index is 11.6. The van der Waals surface area contributed by atoms with Crippen LogP contribution in [0.3, 0.4) is 0 Å². The molecule has 0 aliphatic rings. The minimum absolute atomic E-state index is 0.142. The first kappa shape index (κ1) is 15.1. The Morgan fingerprint density at radius 3 is 2.25 bits per heavy atom. The average Bonchev–Trinajstić information content (AvgIpc) is 2.42. The summed E-state index contributed by atoms with van der Waals surface area (Å²) in [4.78, 5) is 43.2. The van der Waals surface area contributed by atoms with Crippen molar-refractivity contribution in [3.63, 3.8) is 0 Å². The zero-order valence-corrected chi connectivity index (χ0v) is 10.5. The quantitative estimate of drug-likeness (QED) is 0.505. The highest BCUT2D eigenvalue weighted by Gasteiger charge is 2.10. The number of rotatable bonds is 4. The number of nitrogens with one attached hydrogen (secondary N) is 3. The minimum atomic E-state index is -0.629. The molecule has 0 aromatic heterocycles. The van der Waals surface area contributed by atoms with Crippen molar-refractivity contribution in [2.75, 3.05) is 6.54 Å². The zero-order valence-electron chi connectivity index (χ0n) is 10.5. The Hall–Kier alpha value is -2.97. The third-order valence-electron chi connectivity index (χ3n) is 2.15. The lowest BCUT2D eigenvalue weighted by atomic mass is 10.2. The second-order valence-corrected chi connectivity index (χ2v) is 3.72. The topological polar surface area (TPSA) is 130 Å².